The molecular weight excluding hydrogens is 471 g/mol. The van der Waals surface area contributed by atoms with Gasteiger partial charge in [0.15, 0.2) is 0 Å². The summed E-state index contributed by atoms with van der Waals surface area (Å²) in [6, 6.07) is 14.1. The Kier molecular flexibility index (Phi) is 4.34. The molecule has 2 amide bonds. The fourth-order valence-electron chi connectivity index (χ4n) is 7.01. The Morgan fingerprint density at radius 2 is 1.62 bits per heavy atom. The highest BCUT2D eigenvalue weighted by Gasteiger charge is 2.69. The lowest BCUT2D eigenvalue weighted by Gasteiger charge is -2.43. The Labute approximate surface area is 203 Å². The number of aryl methyl sites for hydroxylation is 1. The van der Waals surface area contributed by atoms with Crippen LogP contribution in [0, 0.1) is 42.3 Å². The average Bonchev–Trinajstić information content (AvgIpc) is 3.54. The number of rotatable bonds is 2. The number of hydrogen-bond donors (Lipinski definition) is 1. The maximum atomic E-state index is 13.6. The second-order valence-corrected chi connectivity index (χ2v) is 12.1. The highest BCUT2D eigenvalue weighted by molar-refractivity contribution is 8.00. The molecule has 2 aliphatic carbocycles. The summed E-state index contributed by atoms with van der Waals surface area (Å²) < 4.78 is 13.5. The van der Waals surface area contributed by atoms with Gasteiger partial charge in [-0.05, 0) is 60.9 Å². The fourth-order valence-corrected chi connectivity index (χ4v) is 9.90. The van der Waals surface area contributed by atoms with E-state index in [1.165, 1.54) is 46.1 Å². The SMILES string of the molecule is Cc1ccc([C@@H]2c3sc(=O)[nH]c3S[C@@H]3[C@H]4C[C@@H]([C@@H]5C(=O)N(c6ccc(F)cc6)C(=O)[C@@H]45)[C@H]23)cc1. The number of nitrogens with one attached hydrogen (secondary N) is 1. The van der Waals surface area contributed by atoms with Crippen LogP contribution in [0.2, 0.25) is 0 Å². The quantitative estimate of drug-likeness (QED) is 0.533. The number of benzene rings is 2. The number of thioether (sulfide) groups is 1. The molecular formula is C26H21FN2O3S2. The molecule has 7 rings (SSSR count). The zero-order valence-electron chi connectivity index (χ0n) is 18.2. The highest BCUT2D eigenvalue weighted by Crippen LogP contribution is 2.68. The molecule has 2 bridgehead atoms. The van der Waals surface area contributed by atoms with Crippen LogP contribution in [0.5, 0.6) is 0 Å². The highest BCUT2D eigenvalue weighted by atomic mass is 32.2. The second kappa shape index (κ2) is 7.15. The standard InChI is InChI=1S/C26H21FN2O3S2/c1-11-2-4-12(5-3-11)17-18-15-10-16(21(18)33-23-22(17)34-26(32)28-23)20-19(15)24(30)29(25(20)31)14-8-6-13(27)7-9-14/h2-9,15-21H,10H2,1H3,(H,28,32)/t15-,16+,17+,18-,19+,20+,21-/m1/s1. The summed E-state index contributed by atoms with van der Waals surface area (Å²) in [4.78, 5) is 44.8. The zero-order valence-corrected chi connectivity index (χ0v) is 19.9. The molecule has 1 saturated heterocycles. The molecule has 0 spiro atoms. The van der Waals surface area contributed by atoms with E-state index in [4.69, 9.17) is 0 Å². The Hall–Kier alpha value is -2.71. The summed E-state index contributed by atoms with van der Waals surface area (Å²) >= 11 is 2.96. The van der Waals surface area contributed by atoms with E-state index in [9.17, 15) is 18.8 Å². The van der Waals surface area contributed by atoms with Crippen LogP contribution in [0.3, 0.4) is 0 Å². The molecule has 1 aromatic heterocycles. The minimum Gasteiger partial charge on any atom is -0.307 e. The number of imide groups is 1. The van der Waals surface area contributed by atoms with E-state index in [-0.39, 0.29) is 57.4 Å². The smallest absolute Gasteiger partial charge is 0.305 e. The molecule has 3 aromatic rings. The molecule has 34 heavy (non-hydrogen) atoms. The van der Waals surface area contributed by atoms with Crippen molar-refractivity contribution in [2.45, 2.75) is 29.5 Å². The van der Waals surface area contributed by atoms with Gasteiger partial charge in [0.25, 0.3) is 0 Å². The molecule has 1 N–H and O–H groups in total. The number of thiazole rings is 1. The fraction of sp³-hybridized carbons (Fsp3) is 0.346. The lowest BCUT2D eigenvalue weighted by molar-refractivity contribution is -0.123. The van der Waals surface area contributed by atoms with Gasteiger partial charge in [-0.25, -0.2) is 4.39 Å². The second-order valence-electron chi connectivity index (χ2n) is 9.86. The lowest BCUT2D eigenvalue weighted by Crippen LogP contribution is -2.42. The number of carbonyl (C=O) groups is 2. The Morgan fingerprint density at radius 1 is 0.941 bits per heavy atom. The molecule has 8 heteroatoms. The van der Waals surface area contributed by atoms with E-state index in [1.54, 1.807) is 11.8 Å². The first-order chi connectivity index (χ1) is 16.4. The van der Waals surface area contributed by atoms with Crippen LogP contribution in [0.4, 0.5) is 10.1 Å². The third-order valence-corrected chi connectivity index (χ3v) is 10.8. The number of aromatic amines is 1. The Balaban J connectivity index is 1.32. The van der Waals surface area contributed by atoms with Crippen molar-refractivity contribution in [3.8, 4) is 0 Å². The van der Waals surface area contributed by atoms with Crippen molar-refractivity contribution in [3.05, 3.63) is 80.0 Å². The maximum Gasteiger partial charge on any atom is 0.305 e. The van der Waals surface area contributed by atoms with Crippen LogP contribution >= 0.6 is 23.1 Å². The van der Waals surface area contributed by atoms with Crippen LogP contribution < -0.4 is 9.77 Å². The molecule has 7 atom stereocenters. The van der Waals surface area contributed by atoms with Crippen molar-refractivity contribution >= 4 is 40.6 Å². The van der Waals surface area contributed by atoms with E-state index in [1.807, 2.05) is 0 Å². The predicted molar refractivity (Wildman–Crippen MR) is 129 cm³/mol. The topological polar surface area (TPSA) is 70.2 Å². The summed E-state index contributed by atoms with van der Waals surface area (Å²) in [6.45, 7) is 2.05. The largest absolute Gasteiger partial charge is 0.307 e. The van der Waals surface area contributed by atoms with Gasteiger partial charge in [0, 0.05) is 16.0 Å². The normalized spacial score (nSPS) is 33.2. The number of H-pyrrole nitrogens is 1. The van der Waals surface area contributed by atoms with Crippen molar-refractivity contribution in [1.82, 2.24) is 4.98 Å². The number of nitrogens with zero attached hydrogens (tertiary/aromatic N) is 1. The summed E-state index contributed by atoms with van der Waals surface area (Å²) in [5.74, 6) is -1.05. The number of fused-ring (bicyclic) bond motifs is 9. The van der Waals surface area contributed by atoms with Gasteiger partial charge in [0.05, 0.1) is 22.5 Å². The van der Waals surface area contributed by atoms with Crippen LogP contribution in [-0.2, 0) is 9.59 Å². The summed E-state index contributed by atoms with van der Waals surface area (Å²) in [5.41, 5.74) is 2.78. The number of carbonyl (C=O) groups excluding carboxylic acids is 2. The lowest BCUT2D eigenvalue weighted by atomic mass is 9.68. The number of hydrogen-bond acceptors (Lipinski definition) is 5. The molecule has 2 aliphatic heterocycles. The Bertz CT molecular complexity index is 1400. The summed E-state index contributed by atoms with van der Waals surface area (Å²) in [5, 5.41) is 1.08. The van der Waals surface area contributed by atoms with Gasteiger partial charge >= 0.3 is 4.87 Å². The molecule has 4 aliphatic rings. The number of anilines is 1. The first-order valence-electron chi connectivity index (χ1n) is 11.5. The Morgan fingerprint density at radius 3 is 2.32 bits per heavy atom. The van der Waals surface area contributed by atoms with Gasteiger partial charge in [-0.3, -0.25) is 19.3 Å². The molecule has 0 unspecified atom stereocenters. The molecule has 3 fully saturated rings. The monoisotopic (exact) mass is 492 g/mol. The van der Waals surface area contributed by atoms with Gasteiger partial charge in [-0.2, -0.15) is 0 Å². The van der Waals surface area contributed by atoms with E-state index in [0.29, 0.717) is 5.69 Å². The molecule has 2 saturated carbocycles. The average molecular weight is 493 g/mol. The van der Waals surface area contributed by atoms with Crippen LogP contribution in [0.15, 0.2) is 58.4 Å². The summed E-state index contributed by atoms with van der Waals surface area (Å²) in [6.07, 6.45) is 0.855. The van der Waals surface area contributed by atoms with Gasteiger partial charge in [0.1, 0.15) is 5.82 Å². The minimum atomic E-state index is -0.397. The van der Waals surface area contributed by atoms with Crippen LogP contribution in [0.1, 0.15) is 28.3 Å². The third kappa shape index (κ3) is 2.69. The maximum absolute atomic E-state index is 13.6. The van der Waals surface area contributed by atoms with Gasteiger partial charge in [-0.1, -0.05) is 41.2 Å². The first-order valence-corrected chi connectivity index (χ1v) is 13.2. The summed E-state index contributed by atoms with van der Waals surface area (Å²) in [7, 11) is 0. The molecule has 3 heterocycles. The number of amides is 2. The van der Waals surface area contributed by atoms with Crippen molar-refractivity contribution < 1.29 is 14.0 Å². The van der Waals surface area contributed by atoms with Gasteiger partial charge in [-0.15, -0.1) is 11.8 Å². The van der Waals surface area contributed by atoms with Crippen molar-refractivity contribution in [2.24, 2.45) is 29.6 Å². The van der Waals surface area contributed by atoms with Crippen LogP contribution in [-0.4, -0.2) is 22.0 Å². The minimum absolute atomic E-state index is 0.0320. The molecule has 172 valence electrons. The van der Waals surface area contributed by atoms with E-state index in [2.05, 4.69) is 36.2 Å². The number of aromatic nitrogens is 1. The molecule has 0 radical (unpaired) electrons. The van der Waals surface area contributed by atoms with Crippen molar-refractivity contribution in [3.63, 3.8) is 0 Å². The third-order valence-electron chi connectivity index (χ3n) is 8.25. The van der Waals surface area contributed by atoms with Crippen LogP contribution in [0.25, 0.3) is 0 Å². The van der Waals surface area contributed by atoms with Crippen molar-refractivity contribution in [1.29, 1.82) is 0 Å². The zero-order chi connectivity index (χ0) is 23.3. The number of halogens is 1. The first kappa shape index (κ1) is 20.6. The predicted octanol–water partition coefficient (Wildman–Crippen LogP) is 4.56. The van der Waals surface area contributed by atoms with Gasteiger partial charge < -0.3 is 4.98 Å². The molecule has 5 nitrogen and oxygen atoms in total. The van der Waals surface area contributed by atoms with E-state index < -0.39 is 5.82 Å². The van der Waals surface area contributed by atoms with E-state index >= 15 is 0 Å². The van der Waals surface area contributed by atoms with E-state index in [0.717, 1.165) is 21.9 Å². The van der Waals surface area contributed by atoms with Gasteiger partial charge in [0.2, 0.25) is 11.8 Å². The van der Waals surface area contributed by atoms with Crippen molar-refractivity contribution in [2.75, 3.05) is 4.90 Å². The molecule has 2 aromatic carbocycles.